The lowest BCUT2D eigenvalue weighted by molar-refractivity contribution is -0.137. The number of carboxylic acid groups (broad SMARTS) is 1. The van der Waals surface area contributed by atoms with Crippen molar-refractivity contribution in [2.24, 2.45) is 0 Å². The Morgan fingerprint density at radius 1 is 1.12 bits per heavy atom. The van der Waals surface area contributed by atoms with E-state index in [1.165, 1.54) is 0 Å². The third-order valence-electron chi connectivity index (χ3n) is 3.60. The molecule has 1 atom stereocenters. The average Bonchev–Trinajstić information content (AvgIpc) is 2.60. The maximum Gasteiger partial charge on any atom is 0.303 e. The van der Waals surface area contributed by atoms with E-state index >= 15 is 0 Å². The fraction of sp³-hybridized carbons (Fsp3) is 0.300. The standard InChI is InChI=1S/C20H23NO5/c1-14-5-3-6-18(13-14)26-15(2)20(24)21-16-8-10-17(11-9-16)25-12-4-7-19(22)23/h3,5-6,8-11,13,15H,4,7,12H2,1-2H3,(H,21,24)(H,22,23). The van der Waals surface area contributed by atoms with Gasteiger partial charge in [0, 0.05) is 12.1 Å². The van der Waals surface area contributed by atoms with Crippen LogP contribution in [0, 0.1) is 6.92 Å². The SMILES string of the molecule is Cc1cccc(OC(C)C(=O)Nc2ccc(OCCCC(=O)O)cc2)c1. The zero-order valence-electron chi connectivity index (χ0n) is 14.9. The molecule has 0 saturated carbocycles. The largest absolute Gasteiger partial charge is 0.494 e. The van der Waals surface area contributed by atoms with E-state index in [2.05, 4.69) is 5.32 Å². The van der Waals surface area contributed by atoms with Crippen molar-refractivity contribution >= 4 is 17.6 Å². The molecule has 0 saturated heterocycles. The van der Waals surface area contributed by atoms with Crippen LogP contribution in [0.1, 0.15) is 25.3 Å². The van der Waals surface area contributed by atoms with E-state index in [9.17, 15) is 9.59 Å². The predicted molar refractivity (Wildman–Crippen MR) is 98.7 cm³/mol. The lowest BCUT2D eigenvalue weighted by atomic mass is 10.2. The molecule has 26 heavy (non-hydrogen) atoms. The van der Waals surface area contributed by atoms with Crippen LogP contribution >= 0.6 is 0 Å². The van der Waals surface area contributed by atoms with Crippen molar-refractivity contribution in [1.29, 1.82) is 0 Å². The lowest BCUT2D eigenvalue weighted by Gasteiger charge is -2.15. The van der Waals surface area contributed by atoms with E-state index < -0.39 is 12.1 Å². The Morgan fingerprint density at radius 2 is 1.85 bits per heavy atom. The van der Waals surface area contributed by atoms with Crippen LogP contribution < -0.4 is 14.8 Å². The first kappa shape index (κ1) is 19.3. The Morgan fingerprint density at radius 3 is 2.50 bits per heavy atom. The van der Waals surface area contributed by atoms with Crippen LogP contribution in [0.4, 0.5) is 5.69 Å². The number of aryl methyl sites for hydroxylation is 1. The van der Waals surface area contributed by atoms with Gasteiger partial charge in [-0.2, -0.15) is 0 Å². The van der Waals surface area contributed by atoms with Gasteiger partial charge in [-0.15, -0.1) is 0 Å². The molecule has 0 aromatic heterocycles. The van der Waals surface area contributed by atoms with E-state index in [-0.39, 0.29) is 12.3 Å². The van der Waals surface area contributed by atoms with Crippen LogP contribution in [0.25, 0.3) is 0 Å². The van der Waals surface area contributed by atoms with Gasteiger partial charge in [0.05, 0.1) is 6.61 Å². The highest BCUT2D eigenvalue weighted by Gasteiger charge is 2.15. The number of carboxylic acids is 1. The van der Waals surface area contributed by atoms with E-state index in [1.807, 2.05) is 31.2 Å². The second kappa shape index (κ2) is 9.46. The number of anilines is 1. The highest BCUT2D eigenvalue weighted by atomic mass is 16.5. The number of rotatable bonds is 9. The van der Waals surface area contributed by atoms with Crippen molar-refractivity contribution in [2.75, 3.05) is 11.9 Å². The molecule has 1 amide bonds. The fourth-order valence-electron chi connectivity index (χ4n) is 2.24. The smallest absolute Gasteiger partial charge is 0.303 e. The van der Waals surface area contributed by atoms with Gasteiger partial charge in [-0.05, 0) is 62.2 Å². The minimum absolute atomic E-state index is 0.0764. The van der Waals surface area contributed by atoms with Gasteiger partial charge in [-0.3, -0.25) is 9.59 Å². The summed E-state index contributed by atoms with van der Waals surface area (Å²) in [6, 6.07) is 14.4. The fourth-order valence-corrected chi connectivity index (χ4v) is 2.24. The highest BCUT2D eigenvalue weighted by molar-refractivity contribution is 5.94. The molecule has 0 aliphatic heterocycles. The molecule has 2 N–H and O–H groups in total. The van der Waals surface area contributed by atoms with Crippen molar-refractivity contribution in [3.8, 4) is 11.5 Å². The Balaban J connectivity index is 1.81. The number of carbonyl (C=O) groups is 2. The first-order chi connectivity index (χ1) is 12.4. The summed E-state index contributed by atoms with van der Waals surface area (Å²) in [5.74, 6) is 0.186. The zero-order chi connectivity index (χ0) is 18.9. The molecule has 2 rings (SSSR count). The Kier molecular flexibility index (Phi) is 7.02. The van der Waals surface area contributed by atoms with Crippen LogP contribution in [0.5, 0.6) is 11.5 Å². The van der Waals surface area contributed by atoms with Crippen LogP contribution in [0.15, 0.2) is 48.5 Å². The topological polar surface area (TPSA) is 84.9 Å². The average molecular weight is 357 g/mol. The second-order valence-corrected chi connectivity index (χ2v) is 5.94. The van der Waals surface area contributed by atoms with Crippen molar-refractivity contribution in [3.63, 3.8) is 0 Å². The van der Waals surface area contributed by atoms with Gasteiger partial charge in [0.25, 0.3) is 5.91 Å². The lowest BCUT2D eigenvalue weighted by Crippen LogP contribution is -2.30. The third kappa shape index (κ3) is 6.47. The number of hydrogen-bond acceptors (Lipinski definition) is 4. The van der Waals surface area contributed by atoms with E-state index in [0.717, 1.165) is 5.56 Å². The molecule has 0 radical (unpaired) electrons. The van der Waals surface area contributed by atoms with Gasteiger partial charge in [0.1, 0.15) is 11.5 Å². The molecule has 2 aromatic carbocycles. The number of benzene rings is 2. The number of hydrogen-bond donors (Lipinski definition) is 2. The summed E-state index contributed by atoms with van der Waals surface area (Å²) in [5.41, 5.74) is 1.70. The van der Waals surface area contributed by atoms with Crippen molar-refractivity contribution < 1.29 is 24.2 Å². The molecule has 0 spiro atoms. The molecular weight excluding hydrogens is 334 g/mol. The molecule has 2 aromatic rings. The van der Waals surface area contributed by atoms with Gasteiger partial charge < -0.3 is 19.9 Å². The van der Waals surface area contributed by atoms with Crippen LogP contribution in [0.3, 0.4) is 0 Å². The van der Waals surface area contributed by atoms with Gasteiger partial charge in [0.15, 0.2) is 6.10 Å². The molecule has 6 nitrogen and oxygen atoms in total. The maximum atomic E-state index is 12.2. The summed E-state index contributed by atoms with van der Waals surface area (Å²) in [5, 5.41) is 11.4. The van der Waals surface area contributed by atoms with Crippen LogP contribution in [0.2, 0.25) is 0 Å². The van der Waals surface area contributed by atoms with Crippen LogP contribution in [-0.2, 0) is 9.59 Å². The zero-order valence-corrected chi connectivity index (χ0v) is 14.9. The predicted octanol–water partition coefficient (Wildman–Crippen LogP) is 3.64. The second-order valence-electron chi connectivity index (χ2n) is 5.94. The molecule has 1 unspecified atom stereocenters. The monoisotopic (exact) mass is 357 g/mol. The summed E-state index contributed by atoms with van der Waals surface area (Å²) in [7, 11) is 0. The quantitative estimate of drug-likeness (QED) is 0.669. The Bertz CT molecular complexity index is 742. The minimum Gasteiger partial charge on any atom is -0.494 e. The van der Waals surface area contributed by atoms with Crippen molar-refractivity contribution in [3.05, 3.63) is 54.1 Å². The van der Waals surface area contributed by atoms with Crippen LogP contribution in [-0.4, -0.2) is 29.7 Å². The minimum atomic E-state index is -0.839. The maximum absolute atomic E-state index is 12.2. The Labute approximate surface area is 152 Å². The molecule has 0 heterocycles. The molecule has 6 heteroatoms. The molecule has 0 aliphatic carbocycles. The number of nitrogens with one attached hydrogen (secondary N) is 1. The van der Waals surface area contributed by atoms with Gasteiger partial charge >= 0.3 is 5.97 Å². The molecular formula is C20H23NO5. The summed E-state index contributed by atoms with van der Waals surface area (Å²) >= 11 is 0. The summed E-state index contributed by atoms with van der Waals surface area (Å²) in [6.07, 6.45) is -0.113. The van der Waals surface area contributed by atoms with E-state index in [1.54, 1.807) is 31.2 Å². The van der Waals surface area contributed by atoms with Crippen molar-refractivity contribution in [2.45, 2.75) is 32.8 Å². The number of ether oxygens (including phenoxy) is 2. The number of amides is 1. The van der Waals surface area contributed by atoms with E-state index in [0.29, 0.717) is 30.2 Å². The Hall–Kier alpha value is -3.02. The first-order valence-corrected chi connectivity index (χ1v) is 8.43. The number of aliphatic carboxylic acids is 1. The third-order valence-corrected chi connectivity index (χ3v) is 3.60. The normalized spacial score (nSPS) is 11.5. The molecule has 138 valence electrons. The van der Waals surface area contributed by atoms with Gasteiger partial charge in [0.2, 0.25) is 0 Å². The van der Waals surface area contributed by atoms with Crippen molar-refractivity contribution in [1.82, 2.24) is 0 Å². The summed E-state index contributed by atoms with van der Waals surface area (Å²) < 4.78 is 11.1. The molecule has 0 bridgehead atoms. The van der Waals surface area contributed by atoms with Gasteiger partial charge in [-0.25, -0.2) is 0 Å². The van der Waals surface area contributed by atoms with Gasteiger partial charge in [-0.1, -0.05) is 12.1 Å². The molecule has 0 aliphatic rings. The number of carbonyl (C=O) groups excluding carboxylic acids is 1. The first-order valence-electron chi connectivity index (χ1n) is 8.43. The highest BCUT2D eigenvalue weighted by Crippen LogP contribution is 2.18. The van der Waals surface area contributed by atoms with E-state index in [4.69, 9.17) is 14.6 Å². The summed E-state index contributed by atoms with van der Waals surface area (Å²) in [4.78, 5) is 22.7. The molecule has 0 fully saturated rings. The summed E-state index contributed by atoms with van der Waals surface area (Å²) in [6.45, 7) is 3.99.